The van der Waals surface area contributed by atoms with E-state index in [-0.39, 0.29) is 5.56 Å². The fraction of sp³-hybridized carbons (Fsp3) is 0.222. The van der Waals surface area contributed by atoms with Crippen LogP contribution in [-0.4, -0.2) is 27.4 Å². The first-order valence-corrected chi connectivity index (χ1v) is 7.70. The van der Waals surface area contributed by atoms with Crippen molar-refractivity contribution >= 4 is 5.65 Å². The molecular formula is C18H17N3O2. The molecule has 3 heterocycles. The van der Waals surface area contributed by atoms with Crippen LogP contribution in [0.4, 0.5) is 0 Å². The molecule has 116 valence electrons. The van der Waals surface area contributed by atoms with E-state index in [0.717, 1.165) is 24.5 Å². The number of fused-ring (bicyclic) bond motifs is 2. The van der Waals surface area contributed by atoms with E-state index < -0.39 is 0 Å². The maximum Gasteiger partial charge on any atom is 0.258 e. The van der Waals surface area contributed by atoms with Crippen molar-refractivity contribution in [1.82, 2.24) is 14.3 Å². The van der Waals surface area contributed by atoms with Crippen molar-refractivity contribution in [2.75, 3.05) is 13.2 Å². The summed E-state index contributed by atoms with van der Waals surface area (Å²) in [6, 6.07) is 15.3. The lowest BCUT2D eigenvalue weighted by molar-refractivity contribution is 0.218. The summed E-state index contributed by atoms with van der Waals surface area (Å²) in [4.78, 5) is 19.0. The number of hydrogen-bond acceptors (Lipinski definition) is 4. The summed E-state index contributed by atoms with van der Waals surface area (Å²) in [5.41, 5.74) is 2.60. The molecule has 0 aliphatic carbocycles. The van der Waals surface area contributed by atoms with Gasteiger partial charge in [-0.2, -0.15) is 0 Å². The van der Waals surface area contributed by atoms with Gasteiger partial charge in [-0.15, -0.1) is 0 Å². The quantitative estimate of drug-likeness (QED) is 0.727. The summed E-state index contributed by atoms with van der Waals surface area (Å²) in [6.45, 7) is 2.89. The van der Waals surface area contributed by atoms with Crippen LogP contribution in [0.3, 0.4) is 0 Å². The summed E-state index contributed by atoms with van der Waals surface area (Å²) in [7, 11) is 0. The van der Waals surface area contributed by atoms with Crippen LogP contribution in [0.1, 0.15) is 11.3 Å². The minimum absolute atomic E-state index is 0.0444. The fourth-order valence-electron chi connectivity index (χ4n) is 2.93. The number of nitrogens with zero attached hydrogens (tertiary/aromatic N) is 3. The second-order valence-electron chi connectivity index (χ2n) is 5.68. The van der Waals surface area contributed by atoms with Crippen LogP contribution in [0.5, 0.6) is 5.75 Å². The molecule has 2 aromatic heterocycles. The van der Waals surface area contributed by atoms with Crippen molar-refractivity contribution < 1.29 is 4.74 Å². The molecule has 0 unspecified atom stereocenters. The molecule has 3 aromatic rings. The molecule has 5 nitrogen and oxygen atoms in total. The molecule has 0 spiro atoms. The number of para-hydroxylation sites is 1. The van der Waals surface area contributed by atoms with Crippen molar-refractivity contribution in [2.24, 2.45) is 0 Å². The first kappa shape index (κ1) is 14.0. The summed E-state index contributed by atoms with van der Waals surface area (Å²) >= 11 is 0. The van der Waals surface area contributed by atoms with Crippen LogP contribution in [0.2, 0.25) is 0 Å². The summed E-state index contributed by atoms with van der Waals surface area (Å²) in [6.07, 6.45) is 1.74. The molecule has 0 saturated carbocycles. The zero-order valence-electron chi connectivity index (χ0n) is 12.7. The number of ether oxygens (including phenoxy) is 1. The highest BCUT2D eigenvalue weighted by Crippen LogP contribution is 2.23. The van der Waals surface area contributed by atoms with E-state index in [2.05, 4.69) is 16.0 Å². The van der Waals surface area contributed by atoms with E-state index >= 15 is 0 Å². The van der Waals surface area contributed by atoms with Gasteiger partial charge in [0, 0.05) is 37.5 Å². The highest BCUT2D eigenvalue weighted by atomic mass is 16.5. The highest BCUT2D eigenvalue weighted by Gasteiger charge is 2.16. The zero-order chi connectivity index (χ0) is 15.6. The average molecular weight is 307 g/mol. The Kier molecular flexibility index (Phi) is 3.55. The van der Waals surface area contributed by atoms with Crippen molar-refractivity contribution in [3.8, 4) is 5.75 Å². The Labute approximate surface area is 133 Å². The van der Waals surface area contributed by atoms with Gasteiger partial charge in [0.05, 0.1) is 5.69 Å². The van der Waals surface area contributed by atoms with Gasteiger partial charge in [-0.25, -0.2) is 4.98 Å². The van der Waals surface area contributed by atoms with E-state index in [0.29, 0.717) is 18.8 Å². The molecular weight excluding hydrogens is 290 g/mol. The topological polar surface area (TPSA) is 46.8 Å². The van der Waals surface area contributed by atoms with Gasteiger partial charge in [0.2, 0.25) is 0 Å². The number of benzene rings is 1. The Morgan fingerprint density at radius 3 is 2.96 bits per heavy atom. The van der Waals surface area contributed by atoms with Gasteiger partial charge in [0.15, 0.2) is 0 Å². The lowest BCUT2D eigenvalue weighted by Crippen LogP contribution is -2.27. The van der Waals surface area contributed by atoms with Crippen LogP contribution in [0, 0.1) is 0 Å². The maximum atomic E-state index is 12.2. The molecule has 0 saturated heterocycles. The number of rotatable bonds is 2. The Morgan fingerprint density at radius 1 is 1.13 bits per heavy atom. The molecule has 0 atom stereocenters. The molecule has 0 N–H and O–H groups in total. The van der Waals surface area contributed by atoms with Gasteiger partial charge >= 0.3 is 0 Å². The lowest BCUT2D eigenvalue weighted by atomic mass is 10.2. The van der Waals surface area contributed by atoms with E-state index in [1.54, 1.807) is 16.7 Å². The highest BCUT2D eigenvalue weighted by molar-refractivity contribution is 5.38. The van der Waals surface area contributed by atoms with E-state index in [4.69, 9.17) is 4.74 Å². The minimum Gasteiger partial charge on any atom is -0.492 e. The molecule has 1 aliphatic heterocycles. The number of pyridine rings is 1. The van der Waals surface area contributed by atoms with Gasteiger partial charge in [-0.3, -0.25) is 14.1 Å². The second kappa shape index (κ2) is 5.85. The second-order valence-corrected chi connectivity index (χ2v) is 5.68. The summed E-state index contributed by atoms with van der Waals surface area (Å²) in [5, 5.41) is 0. The molecule has 0 radical (unpaired) electrons. The SMILES string of the molecule is O=c1cc(CN2CCOc3ccccc3C2)nc2ccccn12. The minimum atomic E-state index is -0.0444. The maximum absolute atomic E-state index is 12.2. The van der Waals surface area contributed by atoms with Crippen molar-refractivity contribution in [3.63, 3.8) is 0 Å². The van der Waals surface area contributed by atoms with Gasteiger partial charge in [0.1, 0.15) is 18.0 Å². The summed E-state index contributed by atoms with van der Waals surface area (Å²) < 4.78 is 7.34. The van der Waals surface area contributed by atoms with E-state index in [1.807, 2.05) is 36.4 Å². The molecule has 4 rings (SSSR count). The molecule has 0 bridgehead atoms. The largest absolute Gasteiger partial charge is 0.492 e. The smallest absolute Gasteiger partial charge is 0.258 e. The molecule has 5 heteroatoms. The van der Waals surface area contributed by atoms with Crippen molar-refractivity contribution in [1.29, 1.82) is 0 Å². The molecule has 23 heavy (non-hydrogen) atoms. The normalized spacial score (nSPS) is 15.0. The van der Waals surface area contributed by atoms with Gasteiger partial charge in [-0.05, 0) is 18.2 Å². The monoisotopic (exact) mass is 307 g/mol. The third-order valence-electron chi connectivity index (χ3n) is 4.04. The Morgan fingerprint density at radius 2 is 2.00 bits per heavy atom. The molecule has 1 aliphatic rings. The van der Waals surface area contributed by atoms with Gasteiger partial charge in [-0.1, -0.05) is 24.3 Å². The first-order valence-electron chi connectivity index (χ1n) is 7.70. The van der Waals surface area contributed by atoms with Crippen LogP contribution < -0.4 is 10.3 Å². The van der Waals surface area contributed by atoms with Gasteiger partial charge in [0.25, 0.3) is 5.56 Å². The predicted molar refractivity (Wildman–Crippen MR) is 87.5 cm³/mol. The standard InChI is InChI=1S/C18H17N3O2/c22-18-11-15(19-17-7-3-4-8-21(17)18)13-20-9-10-23-16-6-2-1-5-14(16)12-20/h1-8,11H,9-10,12-13H2. The van der Waals surface area contributed by atoms with Crippen molar-refractivity contribution in [3.05, 3.63) is 76.3 Å². The number of aromatic nitrogens is 2. The van der Waals surface area contributed by atoms with Crippen LogP contribution in [0.15, 0.2) is 59.5 Å². The van der Waals surface area contributed by atoms with Crippen molar-refractivity contribution in [2.45, 2.75) is 13.1 Å². The Hall–Kier alpha value is -2.66. The molecule has 1 aromatic carbocycles. The predicted octanol–water partition coefficient (Wildman–Crippen LogP) is 2.09. The summed E-state index contributed by atoms with van der Waals surface area (Å²) in [5.74, 6) is 0.946. The van der Waals surface area contributed by atoms with Gasteiger partial charge < -0.3 is 4.74 Å². The van der Waals surface area contributed by atoms with Crippen LogP contribution >= 0.6 is 0 Å². The van der Waals surface area contributed by atoms with Crippen LogP contribution in [-0.2, 0) is 13.1 Å². The third kappa shape index (κ3) is 2.83. The number of hydrogen-bond donors (Lipinski definition) is 0. The lowest BCUT2D eigenvalue weighted by Gasteiger charge is -2.18. The Bertz CT molecular complexity index is 904. The fourth-order valence-corrected chi connectivity index (χ4v) is 2.93. The Balaban J connectivity index is 1.62. The van der Waals surface area contributed by atoms with E-state index in [1.165, 1.54) is 5.56 Å². The zero-order valence-corrected chi connectivity index (χ0v) is 12.7. The molecule has 0 fully saturated rings. The molecule has 0 amide bonds. The van der Waals surface area contributed by atoms with Crippen LogP contribution in [0.25, 0.3) is 5.65 Å². The third-order valence-corrected chi connectivity index (χ3v) is 4.04. The van der Waals surface area contributed by atoms with E-state index in [9.17, 15) is 4.79 Å². The average Bonchev–Trinajstić information content (AvgIpc) is 2.76. The first-order chi connectivity index (χ1) is 11.3.